The van der Waals surface area contributed by atoms with Gasteiger partial charge in [-0.05, 0) is 23.8 Å². The molecule has 31 heavy (non-hydrogen) atoms. The number of anilines is 1. The van der Waals surface area contributed by atoms with Gasteiger partial charge in [-0.25, -0.2) is 4.99 Å². The monoisotopic (exact) mass is 434 g/mol. The molecule has 2 aromatic rings. The summed E-state index contributed by atoms with van der Waals surface area (Å²) in [4.78, 5) is 6.08. The maximum atomic E-state index is 13.7. The molecule has 1 fully saturated rings. The van der Waals surface area contributed by atoms with Gasteiger partial charge >= 0.3 is 6.18 Å². The van der Waals surface area contributed by atoms with E-state index in [0.29, 0.717) is 45.0 Å². The molecule has 6 nitrogen and oxygen atoms in total. The molecule has 0 bridgehead atoms. The number of para-hydroxylation sites is 1. The van der Waals surface area contributed by atoms with Crippen LogP contribution < -0.4 is 20.7 Å². The highest BCUT2D eigenvalue weighted by Gasteiger charge is 2.34. The van der Waals surface area contributed by atoms with Crippen molar-refractivity contribution in [2.45, 2.75) is 25.2 Å². The van der Waals surface area contributed by atoms with Gasteiger partial charge in [0.05, 0.1) is 38.0 Å². The van der Waals surface area contributed by atoms with E-state index in [1.165, 1.54) is 12.1 Å². The second-order valence-corrected chi connectivity index (χ2v) is 7.51. The molecule has 1 unspecified atom stereocenters. The minimum atomic E-state index is -4.48. The fourth-order valence-corrected chi connectivity index (χ4v) is 3.87. The highest BCUT2D eigenvalue weighted by atomic mass is 19.4. The molecular formula is C22H25F3N4O2. The summed E-state index contributed by atoms with van der Waals surface area (Å²) in [5, 5.41) is 3.11. The highest BCUT2D eigenvalue weighted by Crippen LogP contribution is 2.35. The third-order valence-corrected chi connectivity index (χ3v) is 5.48. The van der Waals surface area contributed by atoms with Crippen LogP contribution in [0.3, 0.4) is 0 Å². The first kappa shape index (κ1) is 21.3. The molecule has 2 aliphatic heterocycles. The Morgan fingerprint density at radius 3 is 2.68 bits per heavy atom. The number of fused-ring (bicyclic) bond motifs is 1. The molecule has 2 heterocycles. The van der Waals surface area contributed by atoms with Crippen LogP contribution in [0.5, 0.6) is 5.75 Å². The Balaban J connectivity index is 1.50. The summed E-state index contributed by atoms with van der Waals surface area (Å²) in [6.07, 6.45) is -3.79. The van der Waals surface area contributed by atoms with Crippen molar-refractivity contribution in [3.63, 3.8) is 0 Å². The molecule has 2 aromatic carbocycles. The first-order chi connectivity index (χ1) is 14.9. The molecule has 1 saturated heterocycles. The van der Waals surface area contributed by atoms with Crippen LogP contribution in [0, 0.1) is 0 Å². The molecule has 0 amide bonds. The highest BCUT2D eigenvalue weighted by molar-refractivity contribution is 5.78. The molecule has 3 N–H and O–H groups in total. The second-order valence-electron chi connectivity index (χ2n) is 7.51. The number of hydrogen-bond donors (Lipinski definition) is 2. The molecule has 0 spiro atoms. The fraction of sp³-hybridized carbons (Fsp3) is 0.409. The lowest BCUT2D eigenvalue weighted by Crippen LogP contribution is -2.37. The largest absolute Gasteiger partial charge is 0.493 e. The number of halogens is 3. The van der Waals surface area contributed by atoms with E-state index >= 15 is 0 Å². The van der Waals surface area contributed by atoms with Crippen molar-refractivity contribution in [3.8, 4) is 5.75 Å². The van der Waals surface area contributed by atoms with Crippen molar-refractivity contribution in [1.29, 1.82) is 0 Å². The number of aliphatic imine (C=N–C) groups is 1. The number of nitrogens with zero attached hydrogens (tertiary/aromatic N) is 2. The normalized spacial score (nSPS) is 19.5. The lowest BCUT2D eigenvalue weighted by Gasteiger charge is -2.29. The Kier molecular flexibility index (Phi) is 6.22. The number of benzene rings is 2. The predicted molar refractivity (Wildman–Crippen MR) is 112 cm³/mol. The number of hydrogen-bond acceptors (Lipinski definition) is 4. The number of guanidine groups is 1. The number of nitrogens with two attached hydrogens (primary N) is 1. The Morgan fingerprint density at radius 1 is 1.13 bits per heavy atom. The topological polar surface area (TPSA) is 72.1 Å². The van der Waals surface area contributed by atoms with Crippen LogP contribution in [0.4, 0.5) is 18.9 Å². The lowest BCUT2D eigenvalue weighted by molar-refractivity contribution is -0.138. The number of rotatable bonds is 4. The first-order valence-corrected chi connectivity index (χ1v) is 10.2. The minimum Gasteiger partial charge on any atom is -0.493 e. The van der Waals surface area contributed by atoms with E-state index in [0.717, 1.165) is 11.3 Å². The van der Waals surface area contributed by atoms with Crippen molar-refractivity contribution in [1.82, 2.24) is 5.32 Å². The quantitative estimate of drug-likeness (QED) is 0.570. The molecule has 2 aliphatic rings. The fourth-order valence-electron chi connectivity index (χ4n) is 3.87. The van der Waals surface area contributed by atoms with E-state index in [9.17, 15) is 13.2 Å². The molecular weight excluding hydrogens is 409 g/mol. The molecule has 0 aromatic heterocycles. The third-order valence-electron chi connectivity index (χ3n) is 5.48. The zero-order valence-electron chi connectivity index (χ0n) is 17.0. The molecule has 0 aliphatic carbocycles. The average molecular weight is 434 g/mol. The van der Waals surface area contributed by atoms with Gasteiger partial charge in [-0.3, -0.25) is 0 Å². The van der Waals surface area contributed by atoms with Crippen LogP contribution in [-0.4, -0.2) is 38.9 Å². The van der Waals surface area contributed by atoms with Crippen LogP contribution in [0.15, 0.2) is 47.5 Å². The molecule has 166 valence electrons. The SMILES string of the molecule is NC(=NCc1ccc(N2CCOCC2)cc1C(F)(F)F)NC1CCOc2ccccc21. The molecule has 4 rings (SSSR count). The molecule has 0 saturated carbocycles. The van der Waals surface area contributed by atoms with Crippen LogP contribution in [-0.2, 0) is 17.5 Å². The molecule has 1 atom stereocenters. The van der Waals surface area contributed by atoms with E-state index < -0.39 is 11.7 Å². The Hall–Kier alpha value is -2.94. The van der Waals surface area contributed by atoms with Gasteiger partial charge in [0, 0.05) is 30.8 Å². The third kappa shape index (κ3) is 5.04. The summed E-state index contributed by atoms with van der Waals surface area (Å²) in [5.41, 5.74) is 6.90. The van der Waals surface area contributed by atoms with E-state index in [1.807, 2.05) is 29.2 Å². The van der Waals surface area contributed by atoms with Gasteiger partial charge < -0.3 is 25.4 Å². The number of alkyl halides is 3. The van der Waals surface area contributed by atoms with E-state index in [4.69, 9.17) is 15.2 Å². The standard InChI is InChI=1S/C22H25F3N4O2/c23-22(24,25)18-13-16(29-8-11-30-12-9-29)6-5-15(18)14-27-21(26)28-19-7-10-31-20-4-2-1-3-17(19)20/h1-6,13,19H,7-12,14H2,(H3,26,27,28). The summed E-state index contributed by atoms with van der Waals surface area (Å²) in [6, 6.07) is 11.9. The van der Waals surface area contributed by atoms with Crippen LogP contribution >= 0.6 is 0 Å². The number of morpholine rings is 1. The predicted octanol–water partition coefficient (Wildman–Crippen LogP) is 3.47. The zero-order valence-corrected chi connectivity index (χ0v) is 17.0. The summed E-state index contributed by atoms with van der Waals surface area (Å²) in [6.45, 7) is 2.51. The molecule has 0 radical (unpaired) electrons. The lowest BCUT2D eigenvalue weighted by atomic mass is 10.0. The summed E-state index contributed by atoms with van der Waals surface area (Å²) in [7, 11) is 0. The van der Waals surface area contributed by atoms with Crippen LogP contribution in [0.1, 0.15) is 29.2 Å². The van der Waals surface area contributed by atoms with E-state index in [-0.39, 0.29) is 24.1 Å². The van der Waals surface area contributed by atoms with Crippen molar-refractivity contribution in [3.05, 3.63) is 59.2 Å². The first-order valence-electron chi connectivity index (χ1n) is 10.2. The smallest absolute Gasteiger partial charge is 0.416 e. The van der Waals surface area contributed by atoms with Gasteiger partial charge in [0.1, 0.15) is 5.75 Å². The van der Waals surface area contributed by atoms with Gasteiger partial charge in [0.25, 0.3) is 0 Å². The van der Waals surface area contributed by atoms with Crippen molar-refractivity contribution in [2.75, 3.05) is 37.8 Å². The van der Waals surface area contributed by atoms with E-state index in [2.05, 4.69) is 10.3 Å². The minimum absolute atomic E-state index is 0.0848. The van der Waals surface area contributed by atoms with Crippen molar-refractivity contribution < 1.29 is 22.6 Å². The summed E-state index contributed by atoms with van der Waals surface area (Å²) >= 11 is 0. The van der Waals surface area contributed by atoms with E-state index in [1.54, 1.807) is 6.07 Å². The van der Waals surface area contributed by atoms with Gasteiger partial charge in [-0.1, -0.05) is 24.3 Å². The number of nitrogens with one attached hydrogen (secondary N) is 1. The van der Waals surface area contributed by atoms with Gasteiger partial charge in [-0.15, -0.1) is 0 Å². The van der Waals surface area contributed by atoms with Gasteiger partial charge in [0.2, 0.25) is 0 Å². The van der Waals surface area contributed by atoms with Gasteiger partial charge in [0.15, 0.2) is 5.96 Å². The summed E-state index contributed by atoms with van der Waals surface area (Å²) in [5.74, 6) is 0.879. The van der Waals surface area contributed by atoms with Crippen molar-refractivity contribution in [2.24, 2.45) is 10.7 Å². The second kappa shape index (κ2) is 9.05. The molecule has 9 heteroatoms. The zero-order chi connectivity index (χ0) is 21.8. The Bertz CT molecular complexity index is 943. The Morgan fingerprint density at radius 2 is 1.90 bits per heavy atom. The summed E-state index contributed by atoms with van der Waals surface area (Å²) < 4.78 is 52.0. The Labute approximate surface area is 178 Å². The average Bonchev–Trinajstić information content (AvgIpc) is 2.78. The maximum Gasteiger partial charge on any atom is 0.416 e. The maximum absolute atomic E-state index is 13.7. The van der Waals surface area contributed by atoms with Crippen LogP contribution in [0.2, 0.25) is 0 Å². The van der Waals surface area contributed by atoms with Gasteiger partial charge in [-0.2, -0.15) is 13.2 Å². The number of ether oxygens (including phenoxy) is 2. The van der Waals surface area contributed by atoms with Crippen molar-refractivity contribution >= 4 is 11.6 Å². The van der Waals surface area contributed by atoms with Crippen LogP contribution in [0.25, 0.3) is 0 Å².